The van der Waals surface area contributed by atoms with Crippen LogP contribution < -0.4 is 16.4 Å². The molecule has 1 rings (SSSR count). The topological polar surface area (TPSA) is 114 Å². The highest BCUT2D eigenvalue weighted by Gasteiger charge is 2.29. The van der Waals surface area contributed by atoms with E-state index in [1.807, 2.05) is 0 Å². The van der Waals surface area contributed by atoms with Gasteiger partial charge in [-0.3, -0.25) is 9.59 Å². The number of carbonyl (C=O) groups excluding carboxylic acids is 2. The fourth-order valence-corrected chi connectivity index (χ4v) is 1.50. The van der Waals surface area contributed by atoms with Gasteiger partial charge in [-0.15, -0.1) is 0 Å². The lowest BCUT2D eigenvalue weighted by molar-refractivity contribution is -0.127. The fourth-order valence-electron chi connectivity index (χ4n) is 1.50. The molecule has 0 aliphatic carbocycles. The van der Waals surface area contributed by atoms with Gasteiger partial charge in [0.1, 0.15) is 6.10 Å². The molecular weight excluding hydrogens is 214 g/mol. The quantitative estimate of drug-likeness (QED) is 0.412. The highest BCUT2D eigenvalue weighted by Crippen LogP contribution is 2.09. The van der Waals surface area contributed by atoms with E-state index in [0.717, 1.165) is 0 Å². The Kier molecular flexibility index (Phi) is 4.66. The zero-order valence-electron chi connectivity index (χ0n) is 9.10. The molecule has 1 aliphatic heterocycles. The number of ether oxygens (including phenoxy) is 1. The van der Waals surface area contributed by atoms with Gasteiger partial charge in [-0.05, 0) is 6.42 Å². The molecule has 0 aromatic heterocycles. The Labute approximate surface area is 93.3 Å². The Morgan fingerprint density at radius 3 is 2.88 bits per heavy atom. The lowest BCUT2D eigenvalue weighted by atomic mass is 10.2. The summed E-state index contributed by atoms with van der Waals surface area (Å²) in [6.45, 7) is 0.455. The first-order chi connectivity index (χ1) is 7.54. The Balaban J connectivity index is 2.28. The molecule has 0 aromatic rings. The van der Waals surface area contributed by atoms with Crippen LogP contribution in [0.2, 0.25) is 0 Å². The van der Waals surface area contributed by atoms with Gasteiger partial charge in [0, 0.05) is 13.7 Å². The van der Waals surface area contributed by atoms with Crippen molar-refractivity contribution in [2.75, 3.05) is 20.2 Å². The maximum absolute atomic E-state index is 11.5. The van der Waals surface area contributed by atoms with Crippen LogP contribution in [0.5, 0.6) is 0 Å². The Morgan fingerprint density at radius 2 is 2.38 bits per heavy atom. The van der Waals surface area contributed by atoms with Crippen molar-refractivity contribution in [3.63, 3.8) is 0 Å². The van der Waals surface area contributed by atoms with Crippen molar-refractivity contribution >= 4 is 11.8 Å². The van der Waals surface area contributed by atoms with Crippen molar-refractivity contribution in [2.45, 2.75) is 24.7 Å². The molecule has 7 nitrogen and oxygen atoms in total. The summed E-state index contributed by atoms with van der Waals surface area (Å²) in [7, 11) is 1.59. The van der Waals surface area contributed by atoms with Gasteiger partial charge in [0.15, 0.2) is 0 Å². The van der Waals surface area contributed by atoms with Gasteiger partial charge < -0.3 is 26.2 Å². The number of amides is 2. The van der Waals surface area contributed by atoms with Gasteiger partial charge >= 0.3 is 0 Å². The largest absolute Gasteiger partial charge is 0.381 e. The lowest BCUT2D eigenvalue weighted by Crippen LogP contribution is -2.46. The average molecular weight is 231 g/mol. The smallest absolute Gasteiger partial charge is 0.248 e. The summed E-state index contributed by atoms with van der Waals surface area (Å²) in [6, 6.07) is -0.343. The van der Waals surface area contributed by atoms with Crippen LogP contribution >= 0.6 is 0 Å². The normalized spacial score (nSPS) is 26.4. The van der Waals surface area contributed by atoms with E-state index in [9.17, 15) is 9.59 Å². The van der Waals surface area contributed by atoms with E-state index >= 15 is 0 Å². The van der Waals surface area contributed by atoms with E-state index in [2.05, 4.69) is 10.6 Å². The molecule has 5 N–H and O–H groups in total. The first kappa shape index (κ1) is 12.9. The van der Waals surface area contributed by atoms with Crippen LogP contribution in [0, 0.1) is 0 Å². The van der Waals surface area contributed by atoms with Gasteiger partial charge in [0.05, 0.1) is 18.7 Å². The molecule has 0 radical (unpaired) electrons. The van der Waals surface area contributed by atoms with Crippen LogP contribution in [0.15, 0.2) is 0 Å². The maximum Gasteiger partial charge on any atom is 0.248 e. The number of primary amides is 1. The molecule has 3 unspecified atom stereocenters. The third kappa shape index (κ3) is 3.44. The third-order valence-electron chi connectivity index (χ3n) is 2.54. The summed E-state index contributed by atoms with van der Waals surface area (Å²) in [5.41, 5.74) is 4.84. The Bertz CT molecular complexity index is 271. The van der Waals surface area contributed by atoms with E-state index in [0.29, 0.717) is 13.0 Å². The summed E-state index contributed by atoms with van der Waals surface area (Å²) in [5.74, 6) is -1.12. The van der Waals surface area contributed by atoms with E-state index in [-0.39, 0.29) is 24.6 Å². The number of aliphatic hydroxyl groups excluding tert-OH is 1. The molecule has 92 valence electrons. The van der Waals surface area contributed by atoms with Crippen molar-refractivity contribution < 1.29 is 19.4 Å². The molecule has 1 aliphatic rings. The molecule has 2 amide bonds. The number of nitrogens with one attached hydrogen (secondary N) is 2. The van der Waals surface area contributed by atoms with Crippen molar-refractivity contribution in [1.82, 2.24) is 10.6 Å². The number of aliphatic hydroxyl groups is 1. The maximum atomic E-state index is 11.5. The minimum absolute atomic E-state index is 0.0248. The second-order valence-electron chi connectivity index (χ2n) is 3.72. The molecule has 7 heteroatoms. The van der Waals surface area contributed by atoms with Crippen LogP contribution in [0.1, 0.15) is 6.42 Å². The average Bonchev–Trinajstić information content (AvgIpc) is 2.73. The molecule has 0 saturated carbocycles. The standard InChI is InChI=1S/C9H17N3O4/c1-16-5-2-6(11-3-5)9(15)12-4-7(13)8(10)14/h5-7,11,13H,2-4H2,1H3,(H2,10,14)(H,12,15). The van der Waals surface area contributed by atoms with Crippen LogP contribution in [0.25, 0.3) is 0 Å². The number of methoxy groups -OCH3 is 1. The summed E-state index contributed by atoms with van der Waals surface area (Å²) >= 11 is 0. The highest BCUT2D eigenvalue weighted by atomic mass is 16.5. The van der Waals surface area contributed by atoms with E-state index in [1.54, 1.807) is 7.11 Å². The lowest BCUT2D eigenvalue weighted by Gasteiger charge is -2.12. The number of nitrogens with two attached hydrogens (primary N) is 1. The summed E-state index contributed by atoms with van der Waals surface area (Å²) in [5, 5.41) is 14.5. The van der Waals surface area contributed by atoms with Gasteiger partial charge in [0.25, 0.3) is 0 Å². The fraction of sp³-hybridized carbons (Fsp3) is 0.778. The van der Waals surface area contributed by atoms with Crippen molar-refractivity contribution in [2.24, 2.45) is 5.73 Å². The van der Waals surface area contributed by atoms with E-state index in [4.69, 9.17) is 15.6 Å². The molecular formula is C9H17N3O4. The molecule has 0 bridgehead atoms. The second-order valence-corrected chi connectivity index (χ2v) is 3.72. The molecule has 1 saturated heterocycles. The minimum Gasteiger partial charge on any atom is -0.381 e. The predicted octanol–water partition coefficient (Wildman–Crippen LogP) is -2.67. The van der Waals surface area contributed by atoms with E-state index in [1.165, 1.54) is 0 Å². The summed E-state index contributed by atoms with van der Waals surface area (Å²) in [4.78, 5) is 22.1. The molecule has 0 aromatic carbocycles. The van der Waals surface area contributed by atoms with Crippen LogP contribution in [0.3, 0.4) is 0 Å². The van der Waals surface area contributed by atoms with E-state index < -0.39 is 12.0 Å². The molecule has 16 heavy (non-hydrogen) atoms. The molecule has 0 spiro atoms. The molecule has 1 fully saturated rings. The minimum atomic E-state index is -1.34. The van der Waals surface area contributed by atoms with Crippen molar-refractivity contribution in [3.05, 3.63) is 0 Å². The third-order valence-corrected chi connectivity index (χ3v) is 2.54. The SMILES string of the molecule is COC1CNC(C(=O)NCC(O)C(N)=O)C1. The number of carbonyl (C=O) groups is 2. The van der Waals surface area contributed by atoms with Gasteiger partial charge in [-0.2, -0.15) is 0 Å². The predicted molar refractivity (Wildman–Crippen MR) is 55.4 cm³/mol. The van der Waals surface area contributed by atoms with Crippen LogP contribution in [0.4, 0.5) is 0 Å². The number of hydrogen-bond donors (Lipinski definition) is 4. The Hall–Kier alpha value is -1.18. The monoisotopic (exact) mass is 231 g/mol. The molecule has 1 heterocycles. The number of hydrogen-bond acceptors (Lipinski definition) is 5. The van der Waals surface area contributed by atoms with Crippen LogP contribution in [-0.4, -0.2) is 55.4 Å². The van der Waals surface area contributed by atoms with Gasteiger partial charge in [-0.25, -0.2) is 0 Å². The highest BCUT2D eigenvalue weighted by molar-refractivity contribution is 5.84. The summed E-state index contributed by atoms with van der Waals surface area (Å²) in [6.07, 6.45) is -0.741. The first-order valence-corrected chi connectivity index (χ1v) is 5.06. The second kappa shape index (κ2) is 5.78. The van der Waals surface area contributed by atoms with Crippen molar-refractivity contribution in [3.8, 4) is 0 Å². The first-order valence-electron chi connectivity index (χ1n) is 5.06. The molecule has 3 atom stereocenters. The summed E-state index contributed by atoms with van der Waals surface area (Å²) < 4.78 is 5.09. The van der Waals surface area contributed by atoms with Crippen molar-refractivity contribution in [1.29, 1.82) is 0 Å². The number of rotatable bonds is 5. The van der Waals surface area contributed by atoms with Gasteiger partial charge in [-0.1, -0.05) is 0 Å². The van der Waals surface area contributed by atoms with Crippen LogP contribution in [-0.2, 0) is 14.3 Å². The van der Waals surface area contributed by atoms with Gasteiger partial charge in [0.2, 0.25) is 11.8 Å². The zero-order valence-corrected chi connectivity index (χ0v) is 9.10. The zero-order chi connectivity index (χ0) is 12.1. The Morgan fingerprint density at radius 1 is 1.69 bits per heavy atom.